The molecule has 2 fully saturated rings. The molecule has 134 valence electrons. The maximum atomic E-state index is 11.3. The Labute approximate surface area is 157 Å². The molecule has 0 radical (unpaired) electrons. The van der Waals surface area contributed by atoms with E-state index in [1.54, 1.807) is 0 Å². The summed E-state index contributed by atoms with van der Waals surface area (Å²) < 4.78 is 4.94. The van der Waals surface area contributed by atoms with Gasteiger partial charge in [-0.25, -0.2) is 0 Å². The maximum Gasteiger partial charge on any atom is 0.305 e. The first-order chi connectivity index (χ1) is 10.7. The number of hydrogen-bond acceptors (Lipinski definition) is 3. The summed E-state index contributed by atoms with van der Waals surface area (Å²) in [5.41, 5.74) is 0.542. The quantitative estimate of drug-likeness (QED) is 0.236. The van der Waals surface area contributed by atoms with E-state index >= 15 is 0 Å². The smallest absolute Gasteiger partial charge is 0.305 e. The molecular formula is C17H32IN3O2. The Morgan fingerprint density at radius 1 is 1.26 bits per heavy atom. The van der Waals surface area contributed by atoms with Crippen molar-refractivity contribution in [1.82, 2.24) is 10.2 Å². The second-order valence-electron chi connectivity index (χ2n) is 6.61. The van der Waals surface area contributed by atoms with Crippen molar-refractivity contribution in [1.29, 1.82) is 0 Å². The zero-order chi connectivity index (χ0) is 15.8. The summed E-state index contributed by atoms with van der Waals surface area (Å²) in [7, 11) is 1.85. The van der Waals surface area contributed by atoms with Gasteiger partial charge in [-0.1, -0.05) is 19.3 Å². The SMILES string of the molecule is CCOC(=O)CCCNC(=NC)N1CCC2(CCCCC2)C1.I. The first kappa shape index (κ1) is 20.5. The summed E-state index contributed by atoms with van der Waals surface area (Å²) in [6, 6.07) is 0. The van der Waals surface area contributed by atoms with E-state index in [0.717, 1.165) is 32.0 Å². The number of halogens is 1. The van der Waals surface area contributed by atoms with Crippen molar-refractivity contribution in [2.24, 2.45) is 10.4 Å². The Hall–Kier alpha value is -0.530. The van der Waals surface area contributed by atoms with E-state index in [0.29, 0.717) is 18.4 Å². The van der Waals surface area contributed by atoms with Gasteiger partial charge in [-0.3, -0.25) is 9.79 Å². The Morgan fingerprint density at radius 3 is 2.65 bits per heavy atom. The van der Waals surface area contributed by atoms with E-state index in [2.05, 4.69) is 15.2 Å². The fraction of sp³-hybridized carbons (Fsp3) is 0.882. The van der Waals surface area contributed by atoms with Crippen LogP contribution in [0.2, 0.25) is 0 Å². The maximum absolute atomic E-state index is 11.3. The number of carbonyl (C=O) groups is 1. The normalized spacial score (nSPS) is 20.3. The number of nitrogens with one attached hydrogen (secondary N) is 1. The van der Waals surface area contributed by atoms with Crippen LogP contribution in [0.25, 0.3) is 0 Å². The van der Waals surface area contributed by atoms with Crippen LogP contribution < -0.4 is 5.32 Å². The van der Waals surface area contributed by atoms with Crippen molar-refractivity contribution in [3.8, 4) is 0 Å². The molecule has 1 N–H and O–H groups in total. The Balaban J connectivity index is 0.00000264. The molecular weight excluding hydrogens is 405 g/mol. The van der Waals surface area contributed by atoms with Crippen LogP contribution in [-0.2, 0) is 9.53 Å². The number of nitrogens with zero attached hydrogens (tertiary/aromatic N) is 2. The first-order valence-corrected chi connectivity index (χ1v) is 8.80. The van der Waals surface area contributed by atoms with E-state index in [-0.39, 0.29) is 29.9 Å². The third kappa shape index (κ3) is 6.12. The topological polar surface area (TPSA) is 53.9 Å². The number of aliphatic imine (C=N–C) groups is 1. The van der Waals surface area contributed by atoms with Crippen LogP contribution >= 0.6 is 24.0 Å². The lowest BCUT2D eigenvalue weighted by Crippen LogP contribution is -2.42. The number of guanidine groups is 1. The van der Waals surface area contributed by atoms with E-state index < -0.39 is 0 Å². The fourth-order valence-corrected chi connectivity index (χ4v) is 3.82. The van der Waals surface area contributed by atoms with Crippen LogP contribution in [0.1, 0.15) is 58.3 Å². The van der Waals surface area contributed by atoms with Gasteiger partial charge >= 0.3 is 5.97 Å². The number of esters is 1. The zero-order valence-electron chi connectivity index (χ0n) is 14.6. The minimum atomic E-state index is -0.110. The second-order valence-corrected chi connectivity index (χ2v) is 6.61. The average Bonchev–Trinajstić information content (AvgIpc) is 2.92. The van der Waals surface area contributed by atoms with E-state index in [9.17, 15) is 4.79 Å². The van der Waals surface area contributed by atoms with Crippen molar-refractivity contribution >= 4 is 35.9 Å². The van der Waals surface area contributed by atoms with Crippen LogP contribution in [-0.4, -0.2) is 50.1 Å². The molecule has 1 aliphatic carbocycles. The van der Waals surface area contributed by atoms with Gasteiger partial charge in [0.05, 0.1) is 6.61 Å². The monoisotopic (exact) mass is 437 g/mol. The minimum Gasteiger partial charge on any atom is -0.466 e. The Bertz CT molecular complexity index is 395. The molecule has 0 aromatic heterocycles. The predicted octanol–water partition coefficient (Wildman–Crippen LogP) is 3.18. The molecule has 23 heavy (non-hydrogen) atoms. The highest BCUT2D eigenvalue weighted by Crippen LogP contribution is 2.43. The van der Waals surface area contributed by atoms with Gasteiger partial charge in [0.25, 0.3) is 0 Å². The van der Waals surface area contributed by atoms with Gasteiger partial charge in [0.2, 0.25) is 0 Å². The number of ether oxygens (including phenoxy) is 1. The number of rotatable bonds is 5. The number of carbonyl (C=O) groups excluding carboxylic acids is 1. The molecule has 6 heteroatoms. The summed E-state index contributed by atoms with van der Waals surface area (Å²) in [6.07, 6.45) is 9.50. The summed E-state index contributed by atoms with van der Waals surface area (Å²) in [6.45, 7) is 5.33. The molecule has 0 atom stereocenters. The third-order valence-corrected chi connectivity index (χ3v) is 5.01. The van der Waals surface area contributed by atoms with Gasteiger partial charge in [0.1, 0.15) is 0 Å². The van der Waals surface area contributed by atoms with Gasteiger partial charge in [0.15, 0.2) is 5.96 Å². The number of likely N-dealkylation sites (tertiary alicyclic amines) is 1. The molecule has 0 bridgehead atoms. The zero-order valence-corrected chi connectivity index (χ0v) is 16.9. The minimum absolute atomic E-state index is 0. The molecule has 1 heterocycles. The lowest BCUT2D eigenvalue weighted by Gasteiger charge is -2.33. The summed E-state index contributed by atoms with van der Waals surface area (Å²) in [5.74, 6) is 0.882. The molecule has 5 nitrogen and oxygen atoms in total. The summed E-state index contributed by atoms with van der Waals surface area (Å²) in [4.78, 5) is 18.1. The molecule has 1 saturated carbocycles. The van der Waals surface area contributed by atoms with Crippen LogP contribution in [0.5, 0.6) is 0 Å². The van der Waals surface area contributed by atoms with Gasteiger partial charge in [-0.05, 0) is 38.0 Å². The lowest BCUT2D eigenvalue weighted by atomic mass is 9.73. The van der Waals surface area contributed by atoms with Gasteiger partial charge in [-0.2, -0.15) is 0 Å². The molecule has 0 aromatic carbocycles. The van der Waals surface area contributed by atoms with Crippen LogP contribution in [0.15, 0.2) is 4.99 Å². The molecule has 1 spiro atoms. The van der Waals surface area contributed by atoms with Crippen molar-refractivity contribution in [3.05, 3.63) is 0 Å². The van der Waals surface area contributed by atoms with Gasteiger partial charge < -0.3 is 15.0 Å². The predicted molar refractivity (Wildman–Crippen MR) is 104 cm³/mol. The highest BCUT2D eigenvalue weighted by molar-refractivity contribution is 14.0. The van der Waals surface area contributed by atoms with Crippen LogP contribution in [0, 0.1) is 5.41 Å². The van der Waals surface area contributed by atoms with Crippen molar-refractivity contribution in [2.45, 2.75) is 58.3 Å². The van der Waals surface area contributed by atoms with Crippen LogP contribution in [0.4, 0.5) is 0 Å². The van der Waals surface area contributed by atoms with Crippen molar-refractivity contribution in [2.75, 3.05) is 33.3 Å². The third-order valence-electron chi connectivity index (χ3n) is 5.01. The van der Waals surface area contributed by atoms with Crippen LogP contribution in [0.3, 0.4) is 0 Å². The largest absolute Gasteiger partial charge is 0.466 e. The molecule has 2 aliphatic rings. The van der Waals surface area contributed by atoms with Gasteiger partial charge in [0, 0.05) is 33.1 Å². The highest BCUT2D eigenvalue weighted by Gasteiger charge is 2.39. The molecule has 0 aromatic rings. The average molecular weight is 437 g/mol. The van der Waals surface area contributed by atoms with E-state index in [1.807, 2.05) is 14.0 Å². The second kappa shape index (κ2) is 10.4. The van der Waals surface area contributed by atoms with Crippen molar-refractivity contribution in [3.63, 3.8) is 0 Å². The van der Waals surface area contributed by atoms with E-state index in [1.165, 1.54) is 38.5 Å². The van der Waals surface area contributed by atoms with E-state index in [4.69, 9.17) is 4.74 Å². The molecule has 0 unspecified atom stereocenters. The fourth-order valence-electron chi connectivity index (χ4n) is 3.82. The first-order valence-electron chi connectivity index (χ1n) is 8.80. The lowest BCUT2D eigenvalue weighted by molar-refractivity contribution is -0.143. The molecule has 1 saturated heterocycles. The van der Waals surface area contributed by atoms with Gasteiger partial charge in [-0.15, -0.1) is 24.0 Å². The van der Waals surface area contributed by atoms with Crippen molar-refractivity contribution < 1.29 is 9.53 Å². The highest BCUT2D eigenvalue weighted by atomic mass is 127. The molecule has 2 rings (SSSR count). The summed E-state index contributed by atoms with van der Waals surface area (Å²) >= 11 is 0. The standard InChI is InChI=1S/C17H31N3O2.HI/c1-3-22-15(21)8-7-12-19-16(18-2)20-13-11-17(14-20)9-5-4-6-10-17;/h3-14H2,1-2H3,(H,18,19);1H. The molecule has 0 amide bonds. The Kier molecular flexibility index (Phi) is 9.24. The summed E-state index contributed by atoms with van der Waals surface area (Å²) in [5, 5.41) is 3.40. The Morgan fingerprint density at radius 2 is 2.00 bits per heavy atom. The molecule has 1 aliphatic heterocycles. The number of hydrogen-bond donors (Lipinski definition) is 1.